The van der Waals surface area contributed by atoms with E-state index in [1.54, 1.807) is 0 Å². The predicted molar refractivity (Wildman–Crippen MR) is 83.9 cm³/mol. The van der Waals surface area contributed by atoms with Crippen molar-refractivity contribution in [1.82, 2.24) is 0 Å². The zero-order valence-corrected chi connectivity index (χ0v) is 12.3. The van der Waals surface area contributed by atoms with Gasteiger partial charge in [0.1, 0.15) is 0 Å². The van der Waals surface area contributed by atoms with E-state index in [4.69, 9.17) is 0 Å². The molecule has 0 spiro atoms. The van der Waals surface area contributed by atoms with Crippen LogP contribution in [0.2, 0.25) is 0 Å². The molecular weight excluding hydrogens is 248 g/mol. The zero-order valence-electron chi connectivity index (χ0n) is 11.5. The maximum Gasteiger partial charge on any atom is 0.0233 e. The Labute approximate surface area is 119 Å². The number of rotatable bonds is 2. The molecule has 0 aliphatic carbocycles. The summed E-state index contributed by atoms with van der Waals surface area (Å²) in [5.74, 6) is 0. The molecule has 0 N–H and O–H groups in total. The van der Waals surface area contributed by atoms with Crippen LogP contribution in [0.15, 0.2) is 52.8 Å². The largest absolute Gasteiger partial charge is 0.0905 e. The van der Waals surface area contributed by atoms with Crippen LogP contribution in [-0.2, 0) is 12.8 Å². The summed E-state index contributed by atoms with van der Waals surface area (Å²) in [6, 6.07) is 13.3. The Hall–Kier alpha value is -1.47. The molecule has 0 radical (unpaired) electrons. The van der Waals surface area contributed by atoms with Crippen molar-refractivity contribution >= 4 is 17.3 Å². The lowest BCUT2D eigenvalue weighted by atomic mass is 9.93. The molecule has 0 bridgehead atoms. The molecule has 0 aromatic heterocycles. The summed E-state index contributed by atoms with van der Waals surface area (Å²) < 4.78 is 0. The van der Waals surface area contributed by atoms with Gasteiger partial charge in [0.25, 0.3) is 0 Å². The van der Waals surface area contributed by atoms with Crippen LogP contribution in [-0.4, -0.2) is 0 Å². The number of hydrogen-bond acceptors (Lipinski definition) is 1. The van der Waals surface area contributed by atoms with Gasteiger partial charge in [0.2, 0.25) is 0 Å². The van der Waals surface area contributed by atoms with E-state index in [0.717, 1.165) is 12.8 Å². The molecule has 0 fully saturated rings. The molecule has 0 saturated heterocycles. The number of aryl methyl sites for hydroxylation is 2. The first-order valence-corrected chi connectivity index (χ1v) is 7.68. The van der Waals surface area contributed by atoms with Crippen molar-refractivity contribution in [2.24, 2.45) is 0 Å². The fourth-order valence-corrected chi connectivity index (χ4v) is 3.92. The lowest BCUT2D eigenvalue weighted by Crippen LogP contribution is -2.02. The lowest BCUT2D eigenvalue weighted by molar-refractivity contribution is 1.03. The van der Waals surface area contributed by atoms with Gasteiger partial charge in [-0.2, -0.15) is 0 Å². The van der Waals surface area contributed by atoms with Crippen molar-refractivity contribution in [3.8, 4) is 0 Å². The molecule has 0 amide bonds. The molecule has 0 unspecified atom stereocenters. The predicted octanol–water partition coefficient (Wildman–Crippen LogP) is 5.34. The summed E-state index contributed by atoms with van der Waals surface area (Å²) >= 11 is 1.90. The van der Waals surface area contributed by atoms with Gasteiger partial charge in [0, 0.05) is 9.79 Å². The van der Waals surface area contributed by atoms with E-state index in [1.807, 2.05) is 11.8 Å². The van der Waals surface area contributed by atoms with Gasteiger partial charge in [-0.1, -0.05) is 62.5 Å². The highest BCUT2D eigenvalue weighted by Crippen LogP contribution is 2.46. The first-order chi connectivity index (χ1) is 9.24. The molecule has 0 saturated carbocycles. The van der Waals surface area contributed by atoms with Gasteiger partial charge in [-0.15, -0.1) is 0 Å². The van der Waals surface area contributed by atoms with Crippen molar-refractivity contribution in [2.45, 2.75) is 36.5 Å². The van der Waals surface area contributed by atoms with E-state index >= 15 is 0 Å². The first-order valence-electron chi connectivity index (χ1n) is 6.87. The summed E-state index contributed by atoms with van der Waals surface area (Å²) in [5, 5.41) is 0. The fraction of sp³-hybridized carbons (Fsp3) is 0.222. The number of fused-ring (bicyclic) bond motifs is 2. The van der Waals surface area contributed by atoms with E-state index in [2.05, 4.69) is 56.8 Å². The van der Waals surface area contributed by atoms with Crippen LogP contribution in [0, 0.1) is 0 Å². The van der Waals surface area contributed by atoms with Crippen molar-refractivity contribution in [2.75, 3.05) is 0 Å². The molecule has 96 valence electrons. The third-order valence-corrected chi connectivity index (χ3v) is 5.03. The third kappa shape index (κ3) is 2.02. The molecule has 1 heteroatoms. The summed E-state index contributed by atoms with van der Waals surface area (Å²) in [6.45, 7) is 8.79. The minimum absolute atomic E-state index is 1.08. The normalized spacial score (nSPS) is 13.1. The highest BCUT2D eigenvalue weighted by molar-refractivity contribution is 7.99. The average Bonchev–Trinajstić information content (AvgIpc) is 2.47. The van der Waals surface area contributed by atoms with Crippen LogP contribution in [0.5, 0.6) is 0 Å². The van der Waals surface area contributed by atoms with E-state index in [-0.39, 0.29) is 0 Å². The summed E-state index contributed by atoms with van der Waals surface area (Å²) in [5.41, 5.74) is 6.66. The minimum atomic E-state index is 1.08. The maximum absolute atomic E-state index is 4.33. The molecule has 0 atom stereocenters. The second kappa shape index (κ2) is 4.90. The molecule has 19 heavy (non-hydrogen) atoms. The van der Waals surface area contributed by atoms with Gasteiger partial charge < -0.3 is 0 Å². The highest BCUT2D eigenvalue weighted by Gasteiger charge is 2.21. The van der Waals surface area contributed by atoms with Crippen LogP contribution in [0.3, 0.4) is 0 Å². The van der Waals surface area contributed by atoms with Gasteiger partial charge in [0.15, 0.2) is 0 Å². The van der Waals surface area contributed by atoms with Crippen LogP contribution in [0.25, 0.3) is 5.57 Å². The van der Waals surface area contributed by atoms with Gasteiger partial charge in [0.05, 0.1) is 0 Å². The Morgan fingerprint density at radius 3 is 2.53 bits per heavy atom. The van der Waals surface area contributed by atoms with E-state index < -0.39 is 0 Å². The Balaban J connectivity index is 2.22. The van der Waals surface area contributed by atoms with E-state index in [1.165, 1.54) is 37.6 Å². The summed E-state index contributed by atoms with van der Waals surface area (Å²) in [7, 11) is 0. The van der Waals surface area contributed by atoms with Crippen LogP contribution in [0.1, 0.15) is 36.1 Å². The lowest BCUT2D eigenvalue weighted by Gasteiger charge is -2.24. The van der Waals surface area contributed by atoms with Crippen molar-refractivity contribution in [1.29, 1.82) is 0 Å². The van der Waals surface area contributed by atoms with Crippen molar-refractivity contribution in [3.63, 3.8) is 0 Å². The third-order valence-electron chi connectivity index (χ3n) is 3.76. The maximum atomic E-state index is 4.33. The molecule has 3 rings (SSSR count). The van der Waals surface area contributed by atoms with Gasteiger partial charge in [-0.25, -0.2) is 0 Å². The molecule has 1 aliphatic heterocycles. The summed E-state index contributed by atoms with van der Waals surface area (Å²) in [6.07, 6.45) is 2.17. The van der Waals surface area contributed by atoms with E-state index in [9.17, 15) is 0 Å². The molecule has 1 heterocycles. The van der Waals surface area contributed by atoms with Crippen LogP contribution < -0.4 is 0 Å². The second-order valence-corrected chi connectivity index (χ2v) is 5.97. The van der Waals surface area contributed by atoms with Crippen molar-refractivity contribution < 1.29 is 0 Å². The molecule has 2 aromatic carbocycles. The Morgan fingerprint density at radius 2 is 1.79 bits per heavy atom. The Morgan fingerprint density at radius 1 is 1.00 bits per heavy atom. The molecule has 1 aliphatic rings. The number of hydrogen-bond donors (Lipinski definition) is 0. The standard InChI is InChI=1S/C18H18S/c1-4-13-10-14(5-2)18-16(11-13)12(3)15-8-6-7-9-17(15)19-18/h6-11H,3-5H2,1-2H3. The highest BCUT2D eigenvalue weighted by atomic mass is 32.2. The SMILES string of the molecule is C=C1c2ccccc2Sc2c(CC)cc(CC)cc21. The Bertz CT molecular complexity index is 653. The van der Waals surface area contributed by atoms with Crippen LogP contribution >= 0.6 is 11.8 Å². The van der Waals surface area contributed by atoms with Gasteiger partial charge in [-0.3, -0.25) is 0 Å². The topological polar surface area (TPSA) is 0 Å². The Kier molecular flexibility index (Phi) is 3.24. The molecular formula is C18H18S. The fourth-order valence-electron chi connectivity index (χ4n) is 2.63. The van der Waals surface area contributed by atoms with Gasteiger partial charge in [-0.05, 0) is 46.7 Å². The molecule has 2 aromatic rings. The molecule has 0 nitrogen and oxygen atoms in total. The van der Waals surface area contributed by atoms with E-state index in [0.29, 0.717) is 0 Å². The first kappa shape index (κ1) is 12.6. The minimum Gasteiger partial charge on any atom is -0.0905 e. The van der Waals surface area contributed by atoms with Crippen LogP contribution in [0.4, 0.5) is 0 Å². The van der Waals surface area contributed by atoms with Gasteiger partial charge >= 0.3 is 0 Å². The average molecular weight is 266 g/mol. The van der Waals surface area contributed by atoms with Crippen molar-refractivity contribution in [3.05, 3.63) is 65.2 Å². The summed E-state index contributed by atoms with van der Waals surface area (Å²) in [4.78, 5) is 2.74. The zero-order chi connectivity index (χ0) is 13.4. The quantitative estimate of drug-likeness (QED) is 0.603. The monoisotopic (exact) mass is 266 g/mol. The second-order valence-electron chi connectivity index (χ2n) is 4.92. The smallest absolute Gasteiger partial charge is 0.0233 e. The number of benzene rings is 2.